The number of rotatable bonds is 8. The lowest BCUT2D eigenvalue weighted by Gasteiger charge is -2.52. The van der Waals surface area contributed by atoms with Crippen molar-refractivity contribution >= 4 is 29.1 Å². The largest absolute Gasteiger partial charge is 0.542 e. The van der Waals surface area contributed by atoms with Gasteiger partial charge in [-0.15, -0.1) is 11.3 Å². The van der Waals surface area contributed by atoms with Crippen molar-refractivity contribution in [3.63, 3.8) is 0 Å². The number of nitrogens with zero attached hydrogens (tertiary/aromatic N) is 2. The molecule has 1 amide bonds. The second-order valence-electron chi connectivity index (χ2n) is 10.9. The number of fused-ring (bicyclic) bond motifs is 3. The Morgan fingerprint density at radius 3 is 2.30 bits per heavy atom. The zero-order valence-corrected chi connectivity index (χ0v) is 24.8. The fourth-order valence-electron chi connectivity index (χ4n) is 5.62. The molecule has 232 valence electrons. The lowest BCUT2D eigenvalue weighted by atomic mass is 9.83. The fraction of sp³-hybridized carbons (Fsp3) is 0.419. The molecule has 6 rings (SSSR count). The lowest BCUT2D eigenvalue weighted by molar-refractivity contribution is -0.946. The summed E-state index contributed by atoms with van der Waals surface area (Å²) in [5.41, 5.74) is 2.55. The topological polar surface area (TPSA) is 78.9 Å². The zero-order valence-electron chi connectivity index (χ0n) is 23.9. The van der Waals surface area contributed by atoms with Crippen molar-refractivity contribution < 1.29 is 46.2 Å². The van der Waals surface area contributed by atoms with E-state index in [0.717, 1.165) is 65.3 Å². The normalized spacial score (nSPS) is 21.0. The summed E-state index contributed by atoms with van der Waals surface area (Å²) in [6.07, 6.45) is -3.55. The van der Waals surface area contributed by atoms with Crippen LogP contribution in [0.25, 0.3) is 0 Å². The van der Waals surface area contributed by atoms with Gasteiger partial charge in [0.15, 0.2) is 6.10 Å². The second-order valence-corrected chi connectivity index (χ2v) is 11.9. The smallest absolute Gasteiger partial charge is 0.430 e. The van der Waals surface area contributed by atoms with Gasteiger partial charge in [-0.2, -0.15) is 13.2 Å². The van der Waals surface area contributed by atoms with Crippen LogP contribution in [-0.2, 0) is 16.1 Å². The number of alkyl halides is 3. The highest BCUT2D eigenvalue weighted by Gasteiger charge is 2.48. The molecule has 7 nitrogen and oxygen atoms in total. The predicted molar refractivity (Wildman–Crippen MR) is 152 cm³/mol. The van der Waals surface area contributed by atoms with Crippen molar-refractivity contribution in [2.45, 2.75) is 45.5 Å². The van der Waals surface area contributed by atoms with Crippen LogP contribution in [0.4, 0.5) is 28.0 Å². The quantitative estimate of drug-likeness (QED) is 0.240. The molecule has 3 aromatic rings. The van der Waals surface area contributed by atoms with Crippen LogP contribution in [0, 0.1) is 25.6 Å². The van der Waals surface area contributed by atoms with Gasteiger partial charge in [-0.1, -0.05) is 18.2 Å². The van der Waals surface area contributed by atoms with E-state index in [9.17, 15) is 22.4 Å². The predicted octanol–water partition coefficient (Wildman–Crippen LogP) is 5.63. The number of thiophene rings is 1. The summed E-state index contributed by atoms with van der Waals surface area (Å²) in [6.45, 7) is 8.88. The zero-order chi connectivity index (χ0) is 31.2. The van der Waals surface area contributed by atoms with Gasteiger partial charge in [0.05, 0.1) is 25.3 Å². The number of anilines is 1. The molecule has 3 fully saturated rings. The van der Waals surface area contributed by atoms with Crippen molar-refractivity contribution in [2.24, 2.45) is 5.92 Å². The van der Waals surface area contributed by atoms with Crippen molar-refractivity contribution in [1.82, 2.24) is 0 Å². The highest BCUT2D eigenvalue weighted by molar-refractivity contribution is 7.10. The summed E-state index contributed by atoms with van der Waals surface area (Å²) in [5, 5.41) is 10.8. The number of piperidine rings is 3. The van der Waals surface area contributed by atoms with Crippen molar-refractivity contribution in [3.8, 4) is 5.75 Å². The number of quaternary nitrogens is 1. The Bertz CT molecular complexity index is 1390. The number of carbonyl (C=O) groups is 2. The number of ether oxygens (including phenoxy) is 2. The van der Waals surface area contributed by atoms with Crippen molar-refractivity contribution in [1.29, 1.82) is 0 Å². The molecule has 1 atom stereocenters. The van der Waals surface area contributed by atoms with E-state index in [1.165, 1.54) is 12.1 Å². The van der Waals surface area contributed by atoms with Crippen LogP contribution in [0.5, 0.6) is 5.75 Å². The van der Waals surface area contributed by atoms with Crippen LogP contribution in [0.3, 0.4) is 0 Å². The van der Waals surface area contributed by atoms with E-state index in [1.807, 2.05) is 49.6 Å². The molecular formula is C31H34F4N2O5S. The van der Waals surface area contributed by atoms with Gasteiger partial charge in [0, 0.05) is 23.6 Å². The summed E-state index contributed by atoms with van der Waals surface area (Å²) < 4.78 is 58.6. The molecule has 0 N–H and O–H groups in total. The number of aliphatic carboxylic acids is 1. The minimum Gasteiger partial charge on any atom is -0.542 e. The number of carboxylic acids is 1. The average Bonchev–Trinajstić information content (AvgIpc) is 3.37. The molecule has 2 aromatic carbocycles. The van der Waals surface area contributed by atoms with Crippen LogP contribution in [-0.4, -0.2) is 61.6 Å². The van der Waals surface area contributed by atoms with E-state index < -0.39 is 12.1 Å². The van der Waals surface area contributed by atoms with E-state index in [0.29, 0.717) is 24.8 Å². The molecule has 0 radical (unpaired) electrons. The summed E-state index contributed by atoms with van der Waals surface area (Å²) in [6, 6.07) is 16.5. The molecule has 3 aliphatic heterocycles. The van der Waals surface area contributed by atoms with Gasteiger partial charge in [-0.25, -0.2) is 9.18 Å². The van der Waals surface area contributed by atoms with Gasteiger partial charge < -0.3 is 23.9 Å². The first-order valence-electron chi connectivity index (χ1n) is 14.0. The summed E-state index contributed by atoms with van der Waals surface area (Å²) in [5.74, 6) is -2.03. The number of hydrogen-bond donors (Lipinski definition) is 0. The number of hydrogen-bond acceptors (Lipinski definition) is 6. The molecular weight excluding hydrogens is 588 g/mol. The van der Waals surface area contributed by atoms with Gasteiger partial charge in [-0.05, 0) is 66.8 Å². The molecule has 0 spiro atoms. The SMILES string of the molecule is Cc1cc(F)ccc1N(Cc1sccc1C)C(=O)O[C@H]1C[N+]2(CCOc3ccccc3)CCC1CC2.O=C([O-])C(F)(F)F. The highest BCUT2D eigenvalue weighted by Crippen LogP contribution is 2.36. The summed E-state index contributed by atoms with van der Waals surface area (Å²) in [4.78, 5) is 25.2. The number of halogens is 4. The molecule has 0 aliphatic carbocycles. The van der Waals surface area contributed by atoms with Gasteiger partial charge in [-0.3, -0.25) is 4.90 Å². The Balaban J connectivity index is 0.000000541. The Hall–Kier alpha value is -3.64. The molecule has 43 heavy (non-hydrogen) atoms. The fourth-order valence-corrected chi connectivity index (χ4v) is 6.51. The standard InChI is InChI=1S/C29H34FN2O3S.C2HF3O2/c1-21-12-17-36-28(21)19-31(26-9-8-24(30)18-22(26)2)29(33)35-27-20-32(13-10-23(27)11-14-32)15-16-34-25-6-4-3-5-7-25;3-2(4,5)1(6)7/h3-9,12,17-18,23,27H,10-11,13-16,19-20H2,1-2H3;(H,6,7)/q+1;/p-1/t23?,27-,32?;/m0./s1. The Kier molecular flexibility index (Phi) is 10.3. The van der Waals surface area contributed by atoms with Crippen molar-refractivity contribution in [2.75, 3.05) is 37.7 Å². The van der Waals surface area contributed by atoms with E-state index in [4.69, 9.17) is 19.4 Å². The second kappa shape index (κ2) is 13.8. The molecule has 3 saturated heterocycles. The van der Waals surface area contributed by atoms with Crippen molar-refractivity contribution in [3.05, 3.63) is 81.8 Å². The number of benzene rings is 2. The number of aryl methyl sites for hydroxylation is 2. The molecule has 0 saturated carbocycles. The third-order valence-electron chi connectivity index (χ3n) is 8.04. The third kappa shape index (κ3) is 8.47. The maximum absolute atomic E-state index is 13.8. The molecule has 12 heteroatoms. The monoisotopic (exact) mass is 622 g/mol. The maximum atomic E-state index is 13.8. The van der Waals surface area contributed by atoms with Crippen LogP contribution < -0.4 is 14.7 Å². The molecule has 3 aliphatic rings. The third-order valence-corrected chi connectivity index (χ3v) is 9.05. The maximum Gasteiger partial charge on any atom is 0.430 e. The Labute approximate surface area is 251 Å². The van der Waals surface area contributed by atoms with Crippen LogP contribution in [0.15, 0.2) is 60.0 Å². The van der Waals surface area contributed by atoms with Crippen LogP contribution >= 0.6 is 11.3 Å². The Morgan fingerprint density at radius 1 is 1.05 bits per heavy atom. The highest BCUT2D eigenvalue weighted by atomic mass is 32.1. The van der Waals surface area contributed by atoms with E-state index in [1.54, 1.807) is 22.3 Å². The molecule has 4 heterocycles. The van der Waals surface area contributed by atoms with E-state index in [-0.39, 0.29) is 18.0 Å². The van der Waals surface area contributed by atoms with Crippen LogP contribution in [0.2, 0.25) is 0 Å². The number of para-hydroxylation sites is 1. The summed E-state index contributed by atoms with van der Waals surface area (Å²) >= 11 is 1.62. The summed E-state index contributed by atoms with van der Waals surface area (Å²) in [7, 11) is 0. The molecule has 1 aromatic heterocycles. The number of amides is 1. The van der Waals surface area contributed by atoms with Gasteiger partial charge >= 0.3 is 12.3 Å². The minimum atomic E-state index is -5.19. The Morgan fingerprint density at radius 2 is 1.72 bits per heavy atom. The lowest BCUT2D eigenvalue weighted by Crippen LogP contribution is -2.65. The first-order valence-corrected chi connectivity index (χ1v) is 14.8. The molecule has 2 bridgehead atoms. The minimum absolute atomic E-state index is 0.121. The number of carboxylic acid groups (broad SMARTS) is 1. The molecule has 0 unspecified atom stereocenters. The first-order chi connectivity index (χ1) is 20.4. The number of carbonyl (C=O) groups excluding carboxylic acids is 2. The van der Waals surface area contributed by atoms with Gasteiger partial charge in [0.2, 0.25) is 0 Å². The van der Waals surface area contributed by atoms with Gasteiger partial charge in [0.25, 0.3) is 0 Å². The van der Waals surface area contributed by atoms with Gasteiger partial charge in [0.1, 0.15) is 37.2 Å². The van der Waals surface area contributed by atoms with E-state index in [2.05, 4.69) is 6.07 Å². The van der Waals surface area contributed by atoms with Crippen LogP contribution in [0.1, 0.15) is 28.8 Å². The first kappa shape index (κ1) is 32.3. The average molecular weight is 623 g/mol. The van der Waals surface area contributed by atoms with E-state index >= 15 is 0 Å².